The molecule has 6 heteroatoms. The van der Waals surface area contributed by atoms with Crippen molar-refractivity contribution in [2.75, 3.05) is 0 Å². The van der Waals surface area contributed by atoms with E-state index in [9.17, 15) is 18.4 Å². The van der Waals surface area contributed by atoms with E-state index in [-0.39, 0.29) is 6.42 Å². The standard InChI is InChI=1S/C7H12F2N2O2/c1-2-3-4-5(12)10-11-7(13)6(8)9/h6H,2-4H2,1H3,(H,10,12)(H,11,13). The van der Waals surface area contributed by atoms with Gasteiger partial charge in [-0.1, -0.05) is 13.3 Å². The maximum absolute atomic E-state index is 11.6. The number of hydrazine groups is 1. The van der Waals surface area contributed by atoms with Crippen LogP contribution in [0.3, 0.4) is 0 Å². The average molecular weight is 194 g/mol. The lowest BCUT2D eigenvalue weighted by Crippen LogP contribution is -2.44. The topological polar surface area (TPSA) is 58.2 Å². The summed E-state index contributed by atoms with van der Waals surface area (Å²) < 4.78 is 23.1. The van der Waals surface area contributed by atoms with Crippen LogP contribution in [0.1, 0.15) is 26.2 Å². The van der Waals surface area contributed by atoms with Gasteiger partial charge in [0.25, 0.3) is 0 Å². The molecule has 0 heterocycles. The first-order valence-corrected chi connectivity index (χ1v) is 3.94. The van der Waals surface area contributed by atoms with Crippen molar-refractivity contribution in [2.24, 2.45) is 0 Å². The number of carbonyl (C=O) groups is 2. The number of alkyl halides is 2. The maximum Gasteiger partial charge on any atom is 0.317 e. The van der Waals surface area contributed by atoms with E-state index in [1.807, 2.05) is 12.3 Å². The molecule has 0 fully saturated rings. The summed E-state index contributed by atoms with van der Waals surface area (Å²) in [5.74, 6) is -1.96. The Morgan fingerprint density at radius 3 is 2.38 bits per heavy atom. The van der Waals surface area contributed by atoms with E-state index in [4.69, 9.17) is 0 Å². The Labute approximate surface area is 74.7 Å². The van der Waals surface area contributed by atoms with Crippen molar-refractivity contribution in [3.63, 3.8) is 0 Å². The van der Waals surface area contributed by atoms with E-state index >= 15 is 0 Å². The first kappa shape index (κ1) is 11.8. The Morgan fingerprint density at radius 1 is 1.31 bits per heavy atom. The number of halogens is 2. The molecule has 76 valence electrons. The Kier molecular flexibility index (Phi) is 5.75. The van der Waals surface area contributed by atoms with Gasteiger partial charge in [0.15, 0.2) is 0 Å². The van der Waals surface area contributed by atoms with Gasteiger partial charge in [-0.25, -0.2) is 0 Å². The molecular weight excluding hydrogens is 182 g/mol. The molecule has 0 spiro atoms. The highest BCUT2D eigenvalue weighted by Crippen LogP contribution is 1.93. The molecule has 0 aliphatic rings. The summed E-state index contributed by atoms with van der Waals surface area (Å²) in [6, 6.07) is 0. The Bertz CT molecular complexity index is 185. The van der Waals surface area contributed by atoms with Crippen LogP contribution in [0.15, 0.2) is 0 Å². The first-order chi connectivity index (χ1) is 6.07. The minimum absolute atomic E-state index is 0.222. The number of unbranched alkanes of at least 4 members (excludes halogenated alkanes) is 1. The maximum atomic E-state index is 11.6. The monoisotopic (exact) mass is 194 g/mol. The van der Waals surface area contributed by atoms with Crippen LogP contribution in [-0.4, -0.2) is 18.2 Å². The molecule has 0 aromatic carbocycles. The largest absolute Gasteiger partial charge is 0.317 e. The summed E-state index contributed by atoms with van der Waals surface area (Å²) >= 11 is 0. The van der Waals surface area contributed by atoms with E-state index < -0.39 is 18.2 Å². The smallest absolute Gasteiger partial charge is 0.273 e. The van der Waals surface area contributed by atoms with Crippen molar-refractivity contribution in [1.82, 2.24) is 10.9 Å². The molecule has 0 aliphatic heterocycles. The lowest BCUT2D eigenvalue weighted by Gasteiger charge is -2.05. The van der Waals surface area contributed by atoms with Gasteiger partial charge >= 0.3 is 12.3 Å². The number of amides is 2. The summed E-state index contributed by atoms with van der Waals surface area (Å²) in [4.78, 5) is 21.0. The highest BCUT2D eigenvalue weighted by molar-refractivity contribution is 5.83. The van der Waals surface area contributed by atoms with Gasteiger partial charge in [-0.15, -0.1) is 0 Å². The Morgan fingerprint density at radius 2 is 1.92 bits per heavy atom. The van der Waals surface area contributed by atoms with Crippen molar-refractivity contribution in [3.8, 4) is 0 Å². The molecule has 0 rings (SSSR count). The second kappa shape index (κ2) is 6.33. The summed E-state index contributed by atoms with van der Waals surface area (Å²) in [6.45, 7) is 1.89. The van der Waals surface area contributed by atoms with E-state index in [1.54, 1.807) is 5.43 Å². The van der Waals surface area contributed by atoms with Crippen LogP contribution in [-0.2, 0) is 9.59 Å². The number of carbonyl (C=O) groups excluding carboxylic acids is 2. The molecule has 0 radical (unpaired) electrons. The third kappa shape index (κ3) is 6.01. The number of hydrogen-bond acceptors (Lipinski definition) is 2. The fourth-order valence-electron chi connectivity index (χ4n) is 0.586. The fourth-order valence-corrected chi connectivity index (χ4v) is 0.586. The number of nitrogens with one attached hydrogen (secondary N) is 2. The van der Waals surface area contributed by atoms with E-state index in [0.717, 1.165) is 6.42 Å². The van der Waals surface area contributed by atoms with Gasteiger partial charge in [0.2, 0.25) is 5.91 Å². The molecule has 0 atom stereocenters. The molecule has 2 N–H and O–H groups in total. The second-order valence-electron chi connectivity index (χ2n) is 2.44. The first-order valence-electron chi connectivity index (χ1n) is 3.94. The van der Waals surface area contributed by atoms with Crippen molar-refractivity contribution < 1.29 is 18.4 Å². The fraction of sp³-hybridized carbons (Fsp3) is 0.714. The van der Waals surface area contributed by atoms with Crippen molar-refractivity contribution in [1.29, 1.82) is 0 Å². The molecular formula is C7H12F2N2O2. The molecule has 0 unspecified atom stereocenters. The summed E-state index contributed by atoms with van der Waals surface area (Å²) in [6.07, 6.45) is -1.39. The molecule has 0 saturated heterocycles. The van der Waals surface area contributed by atoms with Crippen LogP contribution in [0.4, 0.5) is 8.78 Å². The van der Waals surface area contributed by atoms with Crippen LogP contribution in [0.5, 0.6) is 0 Å². The minimum atomic E-state index is -3.11. The van der Waals surface area contributed by atoms with Gasteiger partial charge in [-0.2, -0.15) is 8.78 Å². The summed E-state index contributed by atoms with van der Waals surface area (Å²) in [5.41, 5.74) is 3.48. The van der Waals surface area contributed by atoms with Crippen LogP contribution in [0.25, 0.3) is 0 Å². The zero-order chi connectivity index (χ0) is 10.3. The molecule has 0 aromatic rings. The Hall–Kier alpha value is -1.20. The van der Waals surface area contributed by atoms with Gasteiger partial charge < -0.3 is 0 Å². The highest BCUT2D eigenvalue weighted by atomic mass is 19.3. The van der Waals surface area contributed by atoms with Crippen LogP contribution < -0.4 is 10.9 Å². The predicted octanol–water partition coefficient (Wildman–Crippen LogP) is 0.589. The number of hydrogen-bond donors (Lipinski definition) is 2. The summed E-state index contributed by atoms with van der Waals surface area (Å²) in [5, 5.41) is 0. The second-order valence-corrected chi connectivity index (χ2v) is 2.44. The SMILES string of the molecule is CCCCC(=O)NNC(=O)C(F)F. The third-order valence-corrected chi connectivity index (χ3v) is 1.28. The van der Waals surface area contributed by atoms with Gasteiger partial charge in [0, 0.05) is 6.42 Å². The van der Waals surface area contributed by atoms with Crippen LogP contribution >= 0.6 is 0 Å². The van der Waals surface area contributed by atoms with Crippen molar-refractivity contribution in [2.45, 2.75) is 32.6 Å². The highest BCUT2D eigenvalue weighted by Gasteiger charge is 2.14. The molecule has 0 bridgehead atoms. The van der Waals surface area contributed by atoms with Gasteiger partial charge in [-0.3, -0.25) is 20.4 Å². The zero-order valence-electron chi connectivity index (χ0n) is 7.27. The molecule has 0 aromatic heterocycles. The molecule has 0 saturated carbocycles. The van der Waals surface area contributed by atoms with Crippen molar-refractivity contribution in [3.05, 3.63) is 0 Å². The van der Waals surface area contributed by atoms with E-state index in [1.165, 1.54) is 0 Å². The molecule has 13 heavy (non-hydrogen) atoms. The lowest BCUT2D eigenvalue weighted by atomic mass is 10.2. The van der Waals surface area contributed by atoms with Gasteiger partial charge in [0.05, 0.1) is 0 Å². The van der Waals surface area contributed by atoms with Gasteiger partial charge in [-0.05, 0) is 6.42 Å². The van der Waals surface area contributed by atoms with Gasteiger partial charge in [0.1, 0.15) is 0 Å². The van der Waals surface area contributed by atoms with Crippen LogP contribution in [0, 0.1) is 0 Å². The van der Waals surface area contributed by atoms with E-state index in [2.05, 4.69) is 0 Å². The third-order valence-electron chi connectivity index (χ3n) is 1.28. The quantitative estimate of drug-likeness (QED) is 0.643. The lowest BCUT2D eigenvalue weighted by molar-refractivity contribution is -0.136. The summed E-state index contributed by atoms with van der Waals surface area (Å²) in [7, 11) is 0. The molecule has 4 nitrogen and oxygen atoms in total. The minimum Gasteiger partial charge on any atom is -0.273 e. The molecule has 0 aliphatic carbocycles. The normalized spacial score (nSPS) is 9.85. The van der Waals surface area contributed by atoms with Crippen LogP contribution in [0.2, 0.25) is 0 Å². The zero-order valence-corrected chi connectivity index (χ0v) is 7.27. The van der Waals surface area contributed by atoms with Crippen molar-refractivity contribution >= 4 is 11.8 Å². The Balaban J connectivity index is 3.52. The number of rotatable bonds is 4. The molecule has 2 amide bonds. The average Bonchev–Trinajstić information content (AvgIpc) is 2.10. The van der Waals surface area contributed by atoms with E-state index in [0.29, 0.717) is 6.42 Å². The predicted molar refractivity (Wildman–Crippen MR) is 41.8 cm³/mol.